The molecule has 0 radical (unpaired) electrons. The summed E-state index contributed by atoms with van der Waals surface area (Å²) in [6, 6.07) is 5.45. The molecular formula is C16H18N2O4. The number of hydrogen-bond acceptors (Lipinski definition) is 4. The van der Waals surface area contributed by atoms with Crippen molar-refractivity contribution in [3.05, 3.63) is 35.0 Å². The van der Waals surface area contributed by atoms with Crippen molar-refractivity contribution in [2.45, 2.75) is 13.8 Å². The lowest BCUT2D eigenvalue weighted by Gasteiger charge is -2.12. The fourth-order valence-electron chi connectivity index (χ4n) is 2.55. The lowest BCUT2D eigenvalue weighted by Crippen LogP contribution is -2.29. The first-order valence-electron chi connectivity index (χ1n) is 7.24. The van der Waals surface area contributed by atoms with Crippen LogP contribution in [0.3, 0.4) is 0 Å². The Morgan fingerprint density at radius 1 is 1.41 bits per heavy atom. The SMILES string of the molecule is Cc1[nH]c2ccc(C(=O)OCCN3CCOC3=O)cc2c1C. The largest absolute Gasteiger partial charge is 0.460 e. The molecule has 1 aromatic carbocycles. The molecule has 1 fully saturated rings. The molecule has 2 heterocycles. The average molecular weight is 302 g/mol. The van der Waals surface area contributed by atoms with Gasteiger partial charge in [0.25, 0.3) is 0 Å². The van der Waals surface area contributed by atoms with Crippen molar-refractivity contribution in [3.8, 4) is 0 Å². The van der Waals surface area contributed by atoms with E-state index in [4.69, 9.17) is 9.47 Å². The molecule has 6 heteroatoms. The third-order valence-electron chi connectivity index (χ3n) is 3.98. The van der Waals surface area contributed by atoms with Crippen molar-refractivity contribution in [1.29, 1.82) is 0 Å². The third-order valence-corrected chi connectivity index (χ3v) is 3.98. The number of aromatic amines is 1. The predicted octanol–water partition coefficient (Wildman–Crippen LogP) is 2.39. The van der Waals surface area contributed by atoms with Crippen LogP contribution >= 0.6 is 0 Å². The van der Waals surface area contributed by atoms with Gasteiger partial charge in [-0.15, -0.1) is 0 Å². The number of nitrogens with one attached hydrogen (secondary N) is 1. The van der Waals surface area contributed by atoms with E-state index >= 15 is 0 Å². The molecule has 6 nitrogen and oxygen atoms in total. The van der Waals surface area contributed by atoms with Crippen LogP contribution in [0.2, 0.25) is 0 Å². The van der Waals surface area contributed by atoms with E-state index in [1.165, 1.54) is 4.90 Å². The Labute approximate surface area is 128 Å². The van der Waals surface area contributed by atoms with Crippen LogP contribution in [0.15, 0.2) is 18.2 Å². The number of fused-ring (bicyclic) bond motifs is 1. The number of rotatable bonds is 4. The van der Waals surface area contributed by atoms with Crippen LogP contribution in [0.5, 0.6) is 0 Å². The number of ether oxygens (including phenoxy) is 2. The molecule has 1 N–H and O–H groups in total. The van der Waals surface area contributed by atoms with Gasteiger partial charge in [0.2, 0.25) is 0 Å². The molecule has 3 rings (SSSR count). The summed E-state index contributed by atoms with van der Waals surface area (Å²) in [7, 11) is 0. The van der Waals surface area contributed by atoms with Crippen molar-refractivity contribution >= 4 is 23.0 Å². The fourth-order valence-corrected chi connectivity index (χ4v) is 2.55. The van der Waals surface area contributed by atoms with Gasteiger partial charge in [-0.1, -0.05) is 0 Å². The van der Waals surface area contributed by atoms with E-state index in [1.54, 1.807) is 6.07 Å². The smallest absolute Gasteiger partial charge is 0.410 e. The van der Waals surface area contributed by atoms with Gasteiger partial charge in [0.15, 0.2) is 0 Å². The number of hydrogen-bond donors (Lipinski definition) is 1. The van der Waals surface area contributed by atoms with Gasteiger partial charge in [-0.3, -0.25) is 0 Å². The molecule has 0 spiro atoms. The minimum atomic E-state index is -0.382. The van der Waals surface area contributed by atoms with Crippen LogP contribution in [0.25, 0.3) is 10.9 Å². The normalized spacial score (nSPS) is 14.5. The van der Waals surface area contributed by atoms with Crippen molar-refractivity contribution in [2.24, 2.45) is 0 Å². The summed E-state index contributed by atoms with van der Waals surface area (Å²) in [5, 5.41) is 1.02. The number of H-pyrrole nitrogens is 1. The summed E-state index contributed by atoms with van der Waals surface area (Å²) in [5.41, 5.74) is 3.74. The van der Waals surface area contributed by atoms with E-state index in [1.807, 2.05) is 26.0 Å². The molecule has 1 aliphatic heterocycles. The summed E-state index contributed by atoms with van der Waals surface area (Å²) in [4.78, 5) is 28.2. The van der Waals surface area contributed by atoms with E-state index in [0.29, 0.717) is 25.3 Å². The topological polar surface area (TPSA) is 71.6 Å². The zero-order valence-electron chi connectivity index (χ0n) is 12.6. The second kappa shape index (κ2) is 5.71. The van der Waals surface area contributed by atoms with Crippen molar-refractivity contribution in [2.75, 3.05) is 26.3 Å². The summed E-state index contributed by atoms with van der Waals surface area (Å²) >= 11 is 0. The number of carbonyl (C=O) groups is 2. The number of aromatic nitrogens is 1. The van der Waals surface area contributed by atoms with Crippen molar-refractivity contribution < 1.29 is 19.1 Å². The van der Waals surface area contributed by atoms with Gasteiger partial charge in [0.1, 0.15) is 13.2 Å². The number of cyclic esters (lactones) is 1. The van der Waals surface area contributed by atoms with Gasteiger partial charge in [-0.05, 0) is 37.6 Å². The minimum Gasteiger partial charge on any atom is -0.460 e. The predicted molar refractivity (Wildman–Crippen MR) is 81.0 cm³/mol. The zero-order valence-corrected chi connectivity index (χ0v) is 12.6. The standard InChI is InChI=1S/C16H18N2O4/c1-10-11(2)17-14-4-3-12(9-13(10)14)15(19)21-7-5-18-6-8-22-16(18)20/h3-4,9,17H,5-8H2,1-2H3. The highest BCUT2D eigenvalue weighted by Gasteiger charge is 2.21. The molecule has 1 saturated heterocycles. The second-order valence-corrected chi connectivity index (χ2v) is 5.37. The molecular weight excluding hydrogens is 284 g/mol. The second-order valence-electron chi connectivity index (χ2n) is 5.37. The van der Waals surface area contributed by atoms with Gasteiger partial charge < -0.3 is 19.4 Å². The first-order chi connectivity index (χ1) is 10.6. The monoisotopic (exact) mass is 302 g/mol. The van der Waals surface area contributed by atoms with E-state index in [-0.39, 0.29) is 18.7 Å². The zero-order chi connectivity index (χ0) is 15.7. The molecule has 1 aromatic heterocycles. The highest BCUT2D eigenvalue weighted by Crippen LogP contribution is 2.22. The van der Waals surface area contributed by atoms with Crippen LogP contribution in [0.4, 0.5) is 4.79 Å². The minimum absolute atomic E-state index is 0.164. The Bertz CT molecular complexity index is 735. The first-order valence-corrected chi connectivity index (χ1v) is 7.24. The maximum absolute atomic E-state index is 12.1. The lowest BCUT2D eigenvalue weighted by atomic mass is 10.1. The molecule has 0 unspecified atom stereocenters. The Hall–Kier alpha value is -2.50. The Morgan fingerprint density at radius 3 is 2.95 bits per heavy atom. The average Bonchev–Trinajstić information content (AvgIpc) is 3.03. The Morgan fingerprint density at radius 2 is 2.23 bits per heavy atom. The molecule has 1 amide bonds. The van der Waals surface area contributed by atoms with Crippen LogP contribution in [-0.4, -0.2) is 48.2 Å². The number of esters is 1. The number of carbonyl (C=O) groups excluding carboxylic acids is 2. The van der Waals surface area contributed by atoms with E-state index in [0.717, 1.165) is 22.2 Å². The van der Waals surface area contributed by atoms with Gasteiger partial charge in [0, 0.05) is 16.6 Å². The van der Waals surface area contributed by atoms with Gasteiger partial charge in [-0.2, -0.15) is 0 Å². The molecule has 0 saturated carbocycles. The Kier molecular flexibility index (Phi) is 3.75. The molecule has 22 heavy (non-hydrogen) atoms. The van der Waals surface area contributed by atoms with E-state index in [9.17, 15) is 9.59 Å². The highest BCUT2D eigenvalue weighted by molar-refractivity contribution is 5.96. The first kappa shape index (κ1) is 14.4. The van der Waals surface area contributed by atoms with Crippen LogP contribution < -0.4 is 0 Å². The number of amides is 1. The summed E-state index contributed by atoms with van der Waals surface area (Å²) in [6.45, 7) is 5.48. The molecule has 2 aromatic rings. The van der Waals surface area contributed by atoms with Crippen molar-refractivity contribution in [1.82, 2.24) is 9.88 Å². The van der Waals surface area contributed by atoms with Crippen LogP contribution in [0, 0.1) is 13.8 Å². The summed E-state index contributed by atoms with van der Waals surface area (Å²) in [6.07, 6.45) is -0.351. The molecule has 1 aliphatic rings. The van der Waals surface area contributed by atoms with Gasteiger partial charge in [0.05, 0.1) is 18.7 Å². The van der Waals surface area contributed by atoms with Crippen LogP contribution in [0.1, 0.15) is 21.6 Å². The van der Waals surface area contributed by atoms with Crippen molar-refractivity contribution in [3.63, 3.8) is 0 Å². The number of aryl methyl sites for hydroxylation is 2. The van der Waals surface area contributed by atoms with Crippen LogP contribution in [-0.2, 0) is 9.47 Å². The Balaban J connectivity index is 1.64. The van der Waals surface area contributed by atoms with E-state index < -0.39 is 0 Å². The maximum Gasteiger partial charge on any atom is 0.410 e. The van der Waals surface area contributed by atoms with Gasteiger partial charge in [-0.25, -0.2) is 9.59 Å². The fraction of sp³-hybridized carbons (Fsp3) is 0.375. The summed E-state index contributed by atoms with van der Waals surface area (Å²) in [5.74, 6) is -0.382. The molecule has 0 atom stereocenters. The van der Waals surface area contributed by atoms with E-state index in [2.05, 4.69) is 4.98 Å². The lowest BCUT2D eigenvalue weighted by molar-refractivity contribution is 0.0477. The number of benzene rings is 1. The third kappa shape index (κ3) is 2.64. The quantitative estimate of drug-likeness (QED) is 0.880. The molecule has 116 valence electrons. The molecule has 0 bridgehead atoms. The maximum atomic E-state index is 12.1. The van der Waals surface area contributed by atoms with Gasteiger partial charge >= 0.3 is 12.1 Å². The summed E-state index contributed by atoms with van der Waals surface area (Å²) < 4.78 is 10.0. The molecule has 0 aliphatic carbocycles. The highest BCUT2D eigenvalue weighted by atomic mass is 16.6. The number of nitrogens with zero attached hydrogens (tertiary/aromatic N) is 1.